The van der Waals surface area contributed by atoms with Gasteiger partial charge in [-0.1, -0.05) is 0 Å². The summed E-state index contributed by atoms with van der Waals surface area (Å²) in [6.45, 7) is 5.61. The Morgan fingerprint density at radius 1 is 1.25 bits per heavy atom. The van der Waals surface area contributed by atoms with Crippen LogP contribution in [0, 0.1) is 0 Å². The van der Waals surface area contributed by atoms with Gasteiger partial charge in [-0.05, 0) is 27.3 Å². The predicted molar refractivity (Wildman–Crippen MR) is 61.4 cm³/mol. The lowest BCUT2D eigenvalue weighted by Crippen LogP contribution is -2.36. The van der Waals surface area contributed by atoms with Gasteiger partial charge in [0.05, 0.1) is 26.4 Å². The number of methoxy groups -OCH3 is 1. The van der Waals surface area contributed by atoms with Gasteiger partial charge in [0.25, 0.3) is 0 Å². The monoisotopic (exact) mass is 233 g/mol. The fraction of sp³-hybridized carbons (Fsp3) is 0.909. The molecule has 0 aromatic rings. The molecule has 5 heteroatoms. The van der Waals surface area contributed by atoms with Gasteiger partial charge in [-0.3, -0.25) is 4.79 Å². The fourth-order valence-electron chi connectivity index (χ4n) is 1.17. The highest BCUT2D eigenvalue weighted by atomic mass is 16.5. The molecule has 0 bridgehead atoms. The first-order valence-corrected chi connectivity index (χ1v) is 5.56. The average Bonchev–Trinajstić information content (AvgIpc) is 2.27. The third kappa shape index (κ3) is 7.62. The lowest BCUT2D eigenvalue weighted by Gasteiger charge is -2.13. The molecule has 16 heavy (non-hydrogen) atoms. The summed E-state index contributed by atoms with van der Waals surface area (Å²) in [6.07, 6.45) is 0.828. The number of hydrogen-bond acceptors (Lipinski definition) is 5. The lowest BCUT2D eigenvalue weighted by atomic mass is 10.2. The van der Waals surface area contributed by atoms with Gasteiger partial charge in [0, 0.05) is 6.61 Å². The number of esters is 1. The number of carbonyl (C=O) groups is 1. The molecule has 0 aromatic carbocycles. The molecule has 96 valence electrons. The number of rotatable bonds is 9. The Labute approximate surface area is 97.4 Å². The van der Waals surface area contributed by atoms with Crippen molar-refractivity contribution < 1.29 is 19.0 Å². The largest absolute Gasteiger partial charge is 0.468 e. The Balaban J connectivity index is 3.45. The van der Waals surface area contributed by atoms with E-state index >= 15 is 0 Å². The maximum absolute atomic E-state index is 11.2. The van der Waals surface area contributed by atoms with E-state index in [1.54, 1.807) is 7.05 Å². The Morgan fingerprint density at radius 3 is 2.44 bits per heavy atom. The molecule has 1 unspecified atom stereocenters. The summed E-state index contributed by atoms with van der Waals surface area (Å²) in [7, 11) is 3.10. The van der Waals surface area contributed by atoms with E-state index in [4.69, 9.17) is 9.47 Å². The summed E-state index contributed by atoms with van der Waals surface area (Å²) >= 11 is 0. The molecule has 0 radical (unpaired) electrons. The van der Waals surface area contributed by atoms with E-state index in [2.05, 4.69) is 10.1 Å². The molecule has 0 aliphatic carbocycles. The van der Waals surface area contributed by atoms with Gasteiger partial charge in [-0.25, -0.2) is 0 Å². The van der Waals surface area contributed by atoms with Crippen LogP contribution in [-0.2, 0) is 19.0 Å². The maximum atomic E-state index is 11.2. The van der Waals surface area contributed by atoms with Crippen LogP contribution in [0.5, 0.6) is 0 Å². The van der Waals surface area contributed by atoms with Gasteiger partial charge >= 0.3 is 5.97 Å². The van der Waals surface area contributed by atoms with Crippen LogP contribution in [0.1, 0.15) is 20.3 Å². The molecule has 0 saturated carbocycles. The minimum absolute atomic E-state index is 0.226. The van der Waals surface area contributed by atoms with Gasteiger partial charge in [-0.15, -0.1) is 0 Å². The summed E-state index contributed by atoms with van der Waals surface area (Å²) in [5.74, 6) is -0.260. The van der Waals surface area contributed by atoms with E-state index in [-0.39, 0.29) is 18.1 Å². The van der Waals surface area contributed by atoms with Crippen molar-refractivity contribution in [3.8, 4) is 0 Å². The number of ether oxygens (including phenoxy) is 3. The van der Waals surface area contributed by atoms with Crippen molar-refractivity contribution in [2.45, 2.75) is 32.4 Å². The van der Waals surface area contributed by atoms with Gasteiger partial charge in [0.15, 0.2) is 0 Å². The molecule has 0 aliphatic rings. The predicted octanol–water partition coefficient (Wildman–Crippen LogP) is 0.579. The van der Waals surface area contributed by atoms with Crippen molar-refractivity contribution >= 4 is 5.97 Å². The number of likely N-dealkylation sites (N-methyl/N-ethyl adjacent to an activating group) is 1. The normalized spacial score (nSPS) is 12.8. The zero-order valence-corrected chi connectivity index (χ0v) is 10.6. The second-order valence-electron chi connectivity index (χ2n) is 3.69. The molecule has 0 heterocycles. The van der Waals surface area contributed by atoms with Gasteiger partial charge in [-0.2, -0.15) is 0 Å². The maximum Gasteiger partial charge on any atom is 0.322 e. The number of nitrogens with one attached hydrogen (secondary N) is 1. The SMILES string of the molecule is CNC(CCOCCOC(C)C)C(=O)OC. The lowest BCUT2D eigenvalue weighted by molar-refractivity contribution is -0.143. The van der Waals surface area contributed by atoms with Crippen molar-refractivity contribution in [1.29, 1.82) is 0 Å². The summed E-state index contributed by atoms with van der Waals surface area (Å²) < 4.78 is 15.3. The Bertz CT molecular complexity index is 185. The second kappa shape index (κ2) is 9.57. The highest BCUT2D eigenvalue weighted by Crippen LogP contribution is 1.95. The molecular weight excluding hydrogens is 210 g/mol. The Kier molecular flexibility index (Phi) is 9.18. The van der Waals surface area contributed by atoms with E-state index in [0.717, 1.165) is 0 Å². The third-order valence-electron chi connectivity index (χ3n) is 2.06. The van der Waals surface area contributed by atoms with Crippen LogP contribution >= 0.6 is 0 Å². The van der Waals surface area contributed by atoms with Crippen LogP contribution in [0.25, 0.3) is 0 Å². The van der Waals surface area contributed by atoms with Crippen molar-refractivity contribution in [2.75, 3.05) is 34.0 Å². The van der Waals surface area contributed by atoms with E-state index in [1.807, 2.05) is 13.8 Å². The molecule has 0 rings (SSSR count). The average molecular weight is 233 g/mol. The van der Waals surface area contributed by atoms with Crippen LogP contribution in [0.4, 0.5) is 0 Å². The number of hydrogen-bond donors (Lipinski definition) is 1. The van der Waals surface area contributed by atoms with Crippen LogP contribution in [-0.4, -0.2) is 52.1 Å². The Morgan fingerprint density at radius 2 is 1.94 bits per heavy atom. The van der Waals surface area contributed by atoms with E-state index in [0.29, 0.717) is 26.2 Å². The highest BCUT2D eigenvalue weighted by molar-refractivity contribution is 5.75. The smallest absolute Gasteiger partial charge is 0.322 e. The molecule has 1 N–H and O–H groups in total. The quantitative estimate of drug-likeness (QED) is 0.466. The summed E-state index contributed by atoms with van der Waals surface area (Å²) in [5.41, 5.74) is 0. The van der Waals surface area contributed by atoms with E-state index in [1.165, 1.54) is 7.11 Å². The van der Waals surface area contributed by atoms with Crippen LogP contribution in [0.15, 0.2) is 0 Å². The van der Waals surface area contributed by atoms with Crippen LogP contribution in [0.3, 0.4) is 0 Å². The molecule has 0 aromatic heterocycles. The third-order valence-corrected chi connectivity index (χ3v) is 2.06. The summed E-state index contributed by atoms with van der Waals surface area (Å²) in [5, 5.41) is 2.88. The van der Waals surface area contributed by atoms with Crippen molar-refractivity contribution in [3.05, 3.63) is 0 Å². The number of carbonyl (C=O) groups excluding carboxylic acids is 1. The first kappa shape index (κ1) is 15.3. The van der Waals surface area contributed by atoms with E-state index in [9.17, 15) is 4.79 Å². The highest BCUT2D eigenvalue weighted by Gasteiger charge is 2.15. The fourth-order valence-corrected chi connectivity index (χ4v) is 1.17. The molecule has 0 aliphatic heterocycles. The first-order valence-electron chi connectivity index (χ1n) is 5.56. The van der Waals surface area contributed by atoms with Crippen molar-refractivity contribution in [1.82, 2.24) is 5.32 Å². The van der Waals surface area contributed by atoms with Crippen LogP contribution < -0.4 is 5.32 Å². The summed E-state index contributed by atoms with van der Waals surface area (Å²) in [6, 6.07) is -0.295. The zero-order chi connectivity index (χ0) is 12.4. The molecular formula is C11H23NO4. The van der Waals surface area contributed by atoms with Gasteiger partial charge in [0.2, 0.25) is 0 Å². The van der Waals surface area contributed by atoms with Crippen LogP contribution in [0.2, 0.25) is 0 Å². The van der Waals surface area contributed by atoms with Crippen molar-refractivity contribution in [3.63, 3.8) is 0 Å². The molecule has 0 amide bonds. The molecule has 5 nitrogen and oxygen atoms in total. The minimum atomic E-state index is -0.295. The molecule has 0 saturated heterocycles. The zero-order valence-electron chi connectivity index (χ0n) is 10.6. The van der Waals surface area contributed by atoms with Gasteiger partial charge in [0.1, 0.15) is 6.04 Å². The van der Waals surface area contributed by atoms with Crippen molar-refractivity contribution in [2.24, 2.45) is 0 Å². The topological polar surface area (TPSA) is 56.8 Å². The molecule has 0 spiro atoms. The molecule has 0 fully saturated rings. The second-order valence-corrected chi connectivity index (χ2v) is 3.69. The first-order chi connectivity index (χ1) is 7.61. The Hall–Kier alpha value is -0.650. The van der Waals surface area contributed by atoms with Gasteiger partial charge < -0.3 is 19.5 Å². The minimum Gasteiger partial charge on any atom is -0.468 e. The van der Waals surface area contributed by atoms with E-state index < -0.39 is 0 Å². The molecule has 1 atom stereocenters. The summed E-state index contributed by atoms with van der Waals surface area (Å²) in [4.78, 5) is 11.2. The standard InChI is InChI=1S/C11H23NO4/c1-9(2)16-8-7-15-6-5-10(12-3)11(13)14-4/h9-10,12H,5-8H2,1-4H3.